The summed E-state index contributed by atoms with van der Waals surface area (Å²) in [6.45, 7) is 0. The second-order valence-electron chi connectivity index (χ2n) is 2.29. The molecule has 0 aliphatic heterocycles. The molecule has 0 saturated heterocycles. The zero-order valence-corrected chi connectivity index (χ0v) is 6.01. The average Bonchev–Trinajstić information content (AvgIpc) is 2.49. The molecule has 0 atom stereocenters. The molecule has 0 radical (unpaired) electrons. The molecule has 0 bridgehead atoms. The largest absolute Gasteiger partial charge is 0.478 e. The molecule has 0 aliphatic rings. The van der Waals surface area contributed by atoms with Gasteiger partial charge >= 0.3 is 5.97 Å². The third-order valence-electron chi connectivity index (χ3n) is 1.52. The van der Waals surface area contributed by atoms with Crippen molar-refractivity contribution in [2.45, 2.75) is 0 Å². The van der Waals surface area contributed by atoms with Crippen LogP contribution in [-0.4, -0.2) is 25.7 Å². The lowest BCUT2D eigenvalue weighted by molar-refractivity contribution is 0.0696. The van der Waals surface area contributed by atoms with Gasteiger partial charge in [-0.05, 0) is 12.1 Å². The minimum atomic E-state index is -0.965. The summed E-state index contributed by atoms with van der Waals surface area (Å²) >= 11 is 0. The van der Waals surface area contributed by atoms with Crippen LogP contribution in [0.4, 0.5) is 0 Å². The van der Waals surface area contributed by atoms with Gasteiger partial charge in [-0.1, -0.05) is 0 Å². The van der Waals surface area contributed by atoms with Gasteiger partial charge in [-0.3, -0.25) is 0 Å². The maximum atomic E-state index is 10.5. The molecule has 0 aromatic carbocycles. The SMILES string of the molecule is O=C(O)c1ccc2ncnn2c1. The fourth-order valence-electron chi connectivity index (χ4n) is 0.943. The van der Waals surface area contributed by atoms with Gasteiger partial charge in [0.1, 0.15) is 6.33 Å². The Kier molecular flexibility index (Phi) is 1.30. The number of pyridine rings is 1. The first kappa shape index (κ1) is 6.78. The van der Waals surface area contributed by atoms with E-state index in [1.54, 1.807) is 6.07 Å². The Morgan fingerprint density at radius 1 is 1.50 bits per heavy atom. The lowest BCUT2D eigenvalue weighted by Crippen LogP contribution is -1.99. The fourth-order valence-corrected chi connectivity index (χ4v) is 0.943. The first-order valence-corrected chi connectivity index (χ1v) is 3.30. The summed E-state index contributed by atoms with van der Waals surface area (Å²) in [4.78, 5) is 14.4. The minimum Gasteiger partial charge on any atom is -0.478 e. The van der Waals surface area contributed by atoms with Gasteiger partial charge in [-0.2, -0.15) is 5.10 Å². The number of carboxylic acid groups (broad SMARTS) is 1. The topological polar surface area (TPSA) is 67.5 Å². The Labute approximate surface area is 67.3 Å². The number of carbonyl (C=O) groups is 1. The Bertz CT molecular complexity index is 435. The van der Waals surface area contributed by atoms with E-state index in [0.29, 0.717) is 5.65 Å². The van der Waals surface area contributed by atoms with E-state index >= 15 is 0 Å². The number of carboxylic acids is 1. The van der Waals surface area contributed by atoms with Gasteiger partial charge < -0.3 is 5.11 Å². The van der Waals surface area contributed by atoms with Crippen molar-refractivity contribution in [1.82, 2.24) is 14.6 Å². The second kappa shape index (κ2) is 2.30. The summed E-state index contributed by atoms with van der Waals surface area (Å²) in [6, 6.07) is 3.10. The van der Waals surface area contributed by atoms with Gasteiger partial charge in [-0.15, -0.1) is 0 Å². The van der Waals surface area contributed by atoms with E-state index in [0.717, 1.165) is 0 Å². The number of aromatic carboxylic acids is 1. The highest BCUT2D eigenvalue weighted by atomic mass is 16.4. The summed E-state index contributed by atoms with van der Waals surface area (Å²) in [6.07, 6.45) is 2.80. The van der Waals surface area contributed by atoms with Crippen molar-refractivity contribution in [3.05, 3.63) is 30.2 Å². The van der Waals surface area contributed by atoms with Gasteiger partial charge in [0.25, 0.3) is 0 Å². The van der Waals surface area contributed by atoms with E-state index < -0.39 is 5.97 Å². The highest BCUT2D eigenvalue weighted by molar-refractivity contribution is 5.87. The van der Waals surface area contributed by atoms with Crippen LogP contribution in [0.1, 0.15) is 10.4 Å². The van der Waals surface area contributed by atoms with Crippen molar-refractivity contribution in [2.75, 3.05) is 0 Å². The quantitative estimate of drug-likeness (QED) is 0.661. The van der Waals surface area contributed by atoms with Crippen molar-refractivity contribution < 1.29 is 9.90 Å². The molecule has 0 spiro atoms. The van der Waals surface area contributed by atoms with Crippen molar-refractivity contribution >= 4 is 11.6 Å². The van der Waals surface area contributed by atoms with Crippen LogP contribution >= 0.6 is 0 Å². The summed E-state index contributed by atoms with van der Waals surface area (Å²) in [5.74, 6) is -0.965. The lowest BCUT2D eigenvalue weighted by atomic mass is 10.3. The zero-order valence-electron chi connectivity index (χ0n) is 6.01. The van der Waals surface area contributed by atoms with Gasteiger partial charge in [-0.25, -0.2) is 14.3 Å². The van der Waals surface area contributed by atoms with E-state index in [9.17, 15) is 4.79 Å². The first-order valence-electron chi connectivity index (χ1n) is 3.30. The van der Waals surface area contributed by atoms with Crippen molar-refractivity contribution in [3.8, 4) is 0 Å². The highest BCUT2D eigenvalue weighted by Gasteiger charge is 2.03. The summed E-state index contributed by atoms with van der Waals surface area (Å²) < 4.78 is 1.42. The van der Waals surface area contributed by atoms with Gasteiger partial charge in [0.2, 0.25) is 0 Å². The van der Waals surface area contributed by atoms with E-state index in [1.807, 2.05) is 0 Å². The number of fused-ring (bicyclic) bond motifs is 1. The first-order chi connectivity index (χ1) is 5.77. The number of hydrogen-bond donors (Lipinski definition) is 1. The molecule has 1 N–H and O–H groups in total. The molecule has 0 amide bonds. The number of rotatable bonds is 1. The van der Waals surface area contributed by atoms with E-state index in [2.05, 4.69) is 10.1 Å². The molecule has 2 rings (SSSR count). The molecule has 0 unspecified atom stereocenters. The Morgan fingerprint density at radius 2 is 2.33 bits per heavy atom. The van der Waals surface area contributed by atoms with Crippen LogP contribution in [0.5, 0.6) is 0 Å². The standard InChI is InChI=1S/C7H5N3O2/c11-7(12)5-1-2-6-8-4-9-10(6)3-5/h1-4H,(H,11,12). The number of nitrogens with zero attached hydrogens (tertiary/aromatic N) is 3. The van der Waals surface area contributed by atoms with Crippen LogP contribution in [0.25, 0.3) is 5.65 Å². The maximum absolute atomic E-state index is 10.5. The highest BCUT2D eigenvalue weighted by Crippen LogP contribution is 2.01. The fraction of sp³-hybridized carbons (Fsp3) is 0. The van der Waals surface area contributed by atoms with Gasteiger partial charge in [0, 0.05) is 6.20 Å². The Balaban J connectivity index is 2.68. The van der Waals surface area contributed by atoms with Crippen molar-refractivity contribution in [3.63, 3.8) is 0 Å². The smallest absolute Gasteiger partial charge is 0.337 e. The third kappa shape index (κ3) is 0.914. The second-order valence-corrected chi connectivity index (χ2v) is 2.29. The molecule has 5 nitrogen and oxygen atoms in total. The van der Waals surface area contributed by atoms with Crippen LogP contribution in [0, 0.1) is 0 Å². The van der Waals surface area contributed by atoms with E-state index in [4.69, 9.17) is 5.11 Å². The summed E-state index contributed by atoms with van der Waals surface area (Å²) in [7, 11) is 0. The molecule has 60 valence electrons. The molecule has 2 aromatic rings. The summed E-state index contributed by atoms with van der Waals surface area (Å²) in [5.41, 5.74) is 0.841. The monoisotopic (exact) mass is 163 g/mol. The molecule has 0 saturated carbocycles. The number of hydrogen-bond acceptors (Lipinski definition) is 3. The Morgan fingerprint density at radius 3 is 3.08 bits per heavy atom. The average molecular weight is 163 g/mol. The van der Waals surface area contributed by atoms with Crippen molar-refractivity contribution in [2.24, 2.45) is 0 Å². The van der Waals surface area contributed by atoms with Crippen LogP contribution in [0.3, 0.4) is 0 Å². The van der Waals surface area contributed by atoms with Crippen LogP contribution in [0.2, 0.25) is 0 Å². The normalized spacial score (nSPS) is 10.3. The predicted octanol–water partition coefficient (Wildman–Crippen LogP) is 0.427. The molecule has 2 heterocycles. The third-order valence-corrected chi connectivity index (χ3v) is 1.52. The predicted molar refractivity (Wildman–Crippen MR) is 39.9 cm³/mol. The van der Waals surface area contributed by atoms with E-state index in [-0.39, 0.29) is 5.56 Å². The van der Waals surface area contributed by atoms with Crippen LogP contribution in [0.15, 0.2) is 24.7 Å². The number of aromatic nitrogens is 3. The zero-order chi connectivity index (χ0) is 8.55. The minimum absolute atomic E-state index is 0.202. The maximum Gasteiger partial charge on any atom is 0.337 e. The molecule has 0 fully saturated rings. The van der Waals surface area contributed by atoms with Crippen LogP contribution < -0.4 is 0 Å². The molecular formula is C7H5N3O2. The molecule has 12 heavy (non-hydrogen) atoms. The van der Waals surface area contributed by atoms with Gasteiger partial charge in [0.05, 0.1) is 5.56 Å². The van der Waals surface area contributed by atoms with Gasteiger partial charge in [0.15, 0.2) is 5.65 Å². The molecule has 0 aliphatic carbocycles. The molecule has 2 aromatic heterocycles. The molecular weight excluding hydrogens is 158 g/mol. The summed E-state index contributed by atoms with van der Waals surface area (Å²) in [5, 5.41) is 12.4. The lowest BCUT2D eigenvalue weighted by Gasteiger charge is -1.93. The molecule has 5 heteroatoms. The Hall–Kier alpha value is -1.91. The van der Waals surface area contributed by atoms with Crippen molar-refractivity contribution in [1.29, 1.82) is 0 Å². The van der Waals surface area contributed by atoms with E-state index in [1.165, 1.54) is 23.1 Å². The van der Waals surface area contributed by atoms with Crippen LogP contribution in [-0.2, 0) is 0 Å².